The Kier molecular flexibility index (Phi) is 4.32. The lowest BCUT2D eigenvalue weighted by atomic mass is 9.86. The topological polar surface area (TPSA) is 41.1 Å². The van der Waals surface area contributed by atoms with Gasteiger partial charge in [0.25, 0.3) is 0 Å². The molecule has 0 aromatic rings. The molecule has 0 aromatic heterocycles. The van der Waals surface area contributed by atoms with Crippen LogP contribution in [0.2, 0.25) is 0 Å². The van der Waals surface area contributed by atoms with Gasteiger partial charge in [0.15, 0.2) is 0 Å². The summed E-state index contributed by atoms with van der Waals surface area (Å²) in [6.07, 6.45) is 3.33. The van der Waals surface area contributed by atoms with Crippen LogP contribution in [0.25, 0.3) is 0 Å². The molecule has 0 radical (unpaired) electrons. The van der Waals surface area contributed by atoms with E-state index in [-0.39, 0.29) is 24.7 Å². The van der Waals surface area contributed by atoms with Crippen LogP contribution in [0.4, 0.5) is 8.78 Å². The van der Waals surface area contributed by atoms with Crippen LogP contribution in [0.5, 0.6) is 0 Å². The molecule has 0 aromatic carbocycles. The van der Waals surface area contributed by atoms with Gasteiger partial charge in [-0.05, 0) is 25.8 Å². The van der Waals surface area contributed by atoms with Crippen molar-refractivity contribution in [2.24, 2.45) is 5.92 Å². The Morgan fingerprint density at radius 1 is 1.44 bits per heavy atom. The number of hydrogen-bond donors (Lipinski definition) is 2. The van der Waals surface area contributed by atoms with Gasteiger partial charge in [-0.25, -0.2) is 8.78 Å². The minimum absolute atomic E-state index is 0.0649. The maximum atomic E-state index is 13.0. The average molecular weight is 258 g/mol. The Labute approximate surface area is 106 Å². The van der Waals surface area contributed by atoms with Gasteiger partial charge in [0.05, 0.1) is 0 Å². The van der Waals surface area contributed by atoms with E-state index < -0.39 is 5.92 Å². The van der Waals surface area contributed by atoms with E-state index in [2.05, 4.69) is 16.7 Å². The first kappa shape index (κ1) is 13.5. The van der Waals surface area contributed by atoms with Crippen LogP contribution in [0.1, 0.15) is 32.1 Å². The molecule has 1 amide bonds. The van der Waals surface area contributed by atoms with Crippen molar-refractivity contribution in [3.05, 3.63) is 11.6 Å². The zero-order valence-corrected chi connectivity index (χ0v) is 10.5. The van der Waals surface area contributed by atoms with Crippen LogP contribution >= 0.6 is 0 Å². The number of carbonyl (C=O) groups excluding carboxylic acids is 1. The van der Waals surface area contributed by atoms with Crippen LogP contribution in [-0.4, -0.2) is 31.5 Å². The molecule has 1 aliphatic carbocycles. The number of alkyl halides is 2. The van der Waals surface area contributed by atoms with Gasteiger partial charge >= 0.3 is 0 Å². The first-order chi connectivity index (χ1) is 8.57. The molecule has 0 spiro atoms. The Hall–Kier alpha value is -0.970. The molecule has 18 heavy (non-hydrogen) atoms. The van der Waals surface area contributed by atoms with E-state index in [1.54, 1.807) is 0 Å². The SMILES string of the molecule is O=C(NCC1=CCNCC1)C1CCC(F)(F)CC1. The summed E-state index contributed by atoms with van der Waals surface area (Å²) in [5, 5.41) is 6.07. The Balaban J connectivity index is 1.73. The number of rotatable bonds is 3. The van der Waals surface area contributed by atoms with E-state index in [9.17, 15) is 13.6 Å². The molecule has 1 heterocycles. The molecule has 0 saturated heterocycles. The van der Waals surface area contributed by atoms with Crippen molar-refractivity contribution in [2.45, 2.75) is 38.0 Å². The summed E-state index contributed by atoms with van der Waals surface area (Å²) >= 11 is 0. The number of amides is 1. The van der Waals surface area contributed by atoms with Gasteiger partial charge in [-0.2, -0.15) is 0 Å². The van der Waals surface area contributed by atoms with Gasteiger partial charge in [-0.15, -0.1) is 0 Å². The van der Waals surface area contributed by atoms with Crippen molar-refractivity contribution < 1.29 is 13.6 Å². The minimum atomic E-state index is -2.56. The summed E-state index contributed by atoms with van der Waals surface area (Å²) in [6.45, 7) is 2.35. The zero-order valence-electron chi connectivity index (χ0n) is 10.5. The fraction of sp³-hybridized carbons (Fsp3) is 0.769. The highest BCUT2D eigenvalue weighted by atomic mass is 19.3. The third-order valence-corrected chi connectivity index (χ3v) is 3.74. The summed E-state index contributed by atoms with van der Waals surface area (Å²) in [5.41, 5.74) is 1.23. The summed E-state index contributed by atoms with van der Waals surface area (Å²) in [4.78, 5) is 11.9. The smallest absolute Gasteiger partial charge is 0.248 e. The van der Waals surface area contributed by atoms with Crippen LogP contribution in [0, 0.1) is 5.92 Å². The molecule has 1 fully saturated rings. The monoisotopic (exact) mass is 258 g/mol. The number of halogens is 2. The molecule has 0 bridgehead atoms. The fourth-order valence-electron chi connectivity index (χ4n) is 2.48. The highest BCUT2D eigenvalue weighted by molar-refractivity contribution is 5.79. The van der Waals surface area contributed by atoms with Gasteiger partial charge in [0.2, 0.25) is 11.8 Å². The average Bonchev–Trinajstić information content (AvgIpc) is 2.37. The molecule has 102 valence electrons. The van der Waals surface area contributed by atoms with Crippen molar-refractivity contribution in [2.75, 3.05) is 19.6 Å². The molecule has 2 aliphatic rings. The van der Waals surface area contributed by atoms with Crippen molar-refractivity contribution in [3.8, 4) is 0 Å². The molecule has 0 unspecified atom stereocenters. The van der Waals surface area contributed by atoms with Crippen molar-refractivity contribution >= 4 is 5.91 Å². The van der Waals surface area contributed by atoms with E-state index >= 15 is 0 Å². The summed E-state index contributed by atoms with van der Waals surface area (Å²) in [7, 11) is 0. The molecule has 2 N–H and O–H groups in total. The van der Waals surface area contributed by atoms with Gasteiger partial charge in [0.1, 0.15) is 0 Å². The normalized spacial score (nSPS) is 24.4. The van der Waals surface area contributed by atoms with Gasteiger partial charge in [0, 0.05) is 31.8 Å². The van der Waals surface area contributed by atoms with Crippen LogP contribution < -0.4 is 10.6 Å². The lowest BCUT2D eigenvalue weighted by Gasteiger charge is -2.27. The first-order valence-corrected chi connectivity index (χ1v) is 6.61. The number of carbonyl (C=O) groups is 1. The largest absolute Gasteiger partial charge is 0.352 e. The molecule has 2 rings (SSSR count). The summed E-state index contributed by atoms with van der Waals surface area (Å²) in [6, 6.07) is 0. The third-order valence-electron chi connectivity index (χ3n) is 3.74. The van der Waals surface area contributed by atoms with Crippen molar-refractivity contribution in [1.82, 2.24) is 10.6 Å². The standard InChI is InChI=1S/C13H20F2N2O/c14-13(15)5-1-11(2-6-13)12(18)17-9-10-3-7-16-8-4-10/h3,11,16H,1-2,4-9H2,(H,17,18). The molecular formula is C13H20F2N2O. The van der Waals surface area contributed by atoms with Crippen LogP contribution in [0.15, 0.2) is 11.6 Å². The quantitative estimate of drug-likeness (QED) is 0.758. The van der Waals surface area contributed by atoms with Crippen molar-refractivity contribution in [1.29, 1.82) is 0 Å². The van der Waals surface area contributed by atoms with Crippen LogP contribution in [-0.2, 0) is 4.79 Å². The lowest BCUT2D eigenvalue weighted by molar-refractivity contribution is -0.128. The molecule has 0 atom stereocenters. The predicted octanol–water partition coefficient (Wildman–Crippen LogP) is 1.85. The molecular weight excluding hydrogens is 238 g/mol. The van der Waals surface area contributed by atoms with E-state index in [1.165, 1.54) is 5.57 Å². The van der Waals surface area contributed by atoms with Crippen molar-refractivity contribution in [3.63, 3.8) is 0 Å². The van der Waals surface area contributed by atoms with Crippen LogP contribution in [0.3, 0.4) is 0 Å². The molecule has 5 heteroatoms. The highest BCUT2D eigenvalue weighted by Gasteiger charge is 2.37. The van der Waals surface area contributed by atoms with E-state index in [0.29, 0.717) is 19.4 Å². The lowest BCUT2D eigenvalue weighted by Crippen LogP contribution is -2.37. The summed E-state index contributed by atoms with van der Waals surface area (Å²) < 4.78 is 25.9. The fourth-order valence-corrected chi connectivity index (χ4v) is 2.48. The van der Waals surface area contributed by atoms with Gasteiger partial charge in [-0.3, -0.25) is 4.79 Å². The first-order valence-electron chi connectivity index (χ1n) is 6.61. The summed E-state index contributed by atoms with van der Waals surface area (Å²) in [5.74, 6) is -2.86. The molecule has 1 saturated carbocycles. The third kappa shape index (κ3) is 3.77. The van der Waals surface area contributed by atoms with E-state index in [1.807, 2.05) is 0 Å². The Morgan fingerprint density at radius 3 is 2.78 bits per heavy atom. The molecule has 3 nitrogen and oxygen atoms in total. The Bertz CT molecular complexity index is 332. The highest BCUT2D eigenvalue weighted by Crippen LogP contribution is 2.36. The minimum Gasteiger partial charge on any atom is -0.352 e. The second-order valence-corrected chi connectivity index (χ2v) is 5.16. The number of hydrogen-bond acceptors (Lipinski definition) is 2. The second kappa shape index (κ2) is 5.78. The Morgan fingerprint density at radius 2 is 2.17 bits per heavy atom. The van der Waals surface area contributed by atoms with E-state index in [4.69, 9.17) is 0 Å². The maximum absolute atomic E-state index is 13.0. The van der Waals surface area contributed by atoms with Gasteiger partial charge < -0.3 is 10.6 Å². The second-order valence-electron chi connectivity index (χ2n) is 5.16. The zero-order chi connectivity index (χ0) is 13.0. The predicted molar refractivity (Wildman–Crippen MR) is 65.5 cm³/mol. The molecule has 1 aliphatic heterocycles. The number of nitrogens with one attached hydrogen (secondary N) is 2. The van der Waals surface area contributed by atoms with Gasteiger partial charge in [-0.1, -0.05) is 11.6 Å². The maximum Gasteiger partial charge on any atom is 0.248 e. The van der Waals surface area contributed by atoms with E-state index in [0.717, 1.165) is 19.5 Å².